The summed E-state index contributed by atoms with van der Waals surface area (Å²) in [5.41, 5.74) is 5.41. The number of amides is 1. The van der Waals surface area contributed by atoms with E-state index in [1.54, 1.807) is 6.92 Å². The molecule has 3 N–H and O–H groups in total. The van der Waals surface area contributed by atoms with E-state index in [4.69, 9.17) is 5.73 Å². The number of hydrogen-bond acceptors (Lipinski definition) is 5. The molecule has 3 atom stereocenters. The second-order valence-electron chi connectivity index (χ2n) is 6.62. The van der Waals surface area contributed by atoms with Gasteiger partial charge in [-0.25, -0.2) is 8.42 Å². The summed E-state index contributed by atoms with van der Waals surface area (Å²) in [5.74, 6) is 0.594. The quantitative estimate of drug-likeness (QED) is 0.723. The van der Waals surface area contributed by atoms with Crippen molar-refractivity contribution in [3.8, 4) is 0 Å². The maximum Gasteiger partial charge on any atom is 0.234 e. The van der Waals surface area contributed by atoms with Crippen LogP contribution < -0.4 is 11.1 Å². The number of sulfone groups is 1. The molecular formula is C13H25N3O3S. The van der Waals surface area contributed by atoms with Crippen LogP contribution in [0.3, 0.4) is 0 Å². The van der Waals surface area contributed by atoms with Crippen molar-refractivity contribution in [3.05, 3.63) is 0 Å². The molecule has 2 saturated heterocycles. The Kier molecular flexibility index (Phi) is 4.41. The van der Waals surface area contributed by atoms with Gasteiger partial charge in [-0.1, -0.05) is 6.92 Å². The lowest BCUT2D eigenvalue weighted by Crippen LogP contribution is -2.54. The molecule has 0 saturated carbocycles. The number of nitrogens with one attached hydrogen (secondary N) is 1. The van der Waals surface area contributed by atoms with E-state index in [-0.39, 0.29) is 23.5 Å². The molecule has 0 radical (unpaired) electrons. The maximum absolute atomic E-state index is 12.1. The van der Waals surface area contributed by atoms with Crippen molar-refractivity contribution in [2.75, 3.05) is 31.1 Å². The summed E-state index contributed by atoms with van der Waals surface area (Å²) in [6, 6.07) is 0.110. The molecule has 1 amide bonds. The van der Waals surface area contributed by atoms with Crippen molar-refractivity contribution in [1.82, 2.24) is 10.2 Å². The smallest absolute Gasteiger partial charge is 0.234 e. The molecule has 6 nitrogen and oxygen atoms in total. The van der Waals surface area contributed by atoms with Crippen LogP contribution in [0, 0.1) is 5.92 Å². The molecule has 7 heteroatoms. The molecule has 116 valence electrons. The van der Waals surface area contributed by atoms with Crippen molar-refractivity contribution in [2.45, 2.75) is 38.3 Å². The number of carbonyl (C=O) groups excluding carboxylic acids is 1. The number of hydrogen-bond donors (Lipinski definition) is 2. The van der Waals surface area contributed by atoms with Crippen LogP contribution in [0.25, 0.3) is 0 Å². The molecule has 2 aliphatic heterocycles. The van der Waals surface area contributed by atoms with Crippen LogP contribution in [-0.2, 0) is 14.6 Å². The van der Waals surface area contributed by atoms with Gasteiger partial charge in [0.1, 0.15) is 0 Å². The first-order valence-electron chi connectivity index (χ1n) is 7.18. The Morgan fingerprint density at radius 3 is 2.75 bits per heavy atom. The van der Waals surface area contributed by atoms with Crippen LogP contribution in [0.15, 0.2) is 0 Å². The van der Waals surface area contributed by atoms with Gasteiger partial charge in [0.2, 0.25) is 5.91 Å². The lowest BCUT2D eigenvalue weighted by Gasteiger charge is -2.35. The van der Waals surface area contributed by atoms with Gasteiger partial charge in [0.15, 0.2) is 9.84 Å². The second kappa shape index (κ2) is 5.61. The number of likely N-dealkylation sites (tertiary alicyclic amines) is 1. The van der Waals surface area contributed by atoms with Crippen LogP contribution >= 0.6 is 0 Å². The Morgan fingerprint density at radius 2 is 2.20 bits per heavy atom. The van der Waals surface area contributed by atoms with Gasteiger partial charge in [0.05, 0.1) is 23.6 Å². The Morgan fingerprint density at radius 1 is 1.50 bits per heavy atom. The largest absolute Gasteiger partial charge is 0.349 e. The van der Waals surface area contributed by atoms with Crippen molar-refractivity contribution in [1.29, 1.82) is 0 Å². The fourth-order valence-corrected chi connectivity index (χ4v) is 5.09. The molecule has 2 aliphatic rings. The zero-order valence-corrected chi connectivity index (χ0v) is 13.1. The molecule has 0 aromatic rings. The highest BCUT2D eigenvalue weighted by atomic mass is 32.2. The van der Waals surface area contributed by atoms with Crippen LogP contribution in [0.4, 0.5) is 0 Å². The van der Waals surface area contributed by atoms with Crippen molar-refractivity contribution < 1.29 is 13.2 Å². The average molecular weight is 303 g/mol. The van der Waals surface area contributed by atoms with E-state index in [0.717, 1.165) is 19.5 Å². The van der Waals surface area contributed by atoms with Gasteiger partial charge in [0.25, 0.3) is 0 Å². The topological polar surface area (TPSA) is 92.5 Å². The number of carbonyl (C=O) groups is 1. The SMILES string of the molecule is CC1CCN(CC(=O)NC2(C)CCS(=O)(=O)C2)CC1N. The third-order valence-corrected chi connectivity index (χ3v) is 6.32. The number of piperidine rings is 1. The summed E-state index contributed by atoms with van der Waals surface area (Å²) in [4.78, 5) is 14.1. The summed E-state index contributed by atoms with van der Waals surface area (Å²) in [6.45, 7) is 5.84. The normalized spacial score (nSPS) is 37.8. The molecule has 0 aromatic heterocycles. The summed E-state index contributed by atoms with van der Waals surface area (Å²) in [5, 5.41) is 2.88. The lowest BCUT2D eigenvalue weighted by atomic mass is 9.94. The minimum atomic E-state index is -3.00. The Bertz CT molecular complexity index is 479. The van der Waals surface area contributed by atoms with Gasteiger partial charge < -0.3 is 11.1 Å². The first-order valence-corrected chi connectivity index (χ1v) is 9.01. The van der Waals surface area contributed by atoms with Gasteiger partial charge >= 0.3 is 0 Å². The van der Waals surface area contributed by atoms with Crippen LogP contribution in [0.2, 0.25) is 0 Å². The summed E-state index contributed by atoms with van der Waals surface area (Å²) in [7, 11) is -3.00. The fraction of sp³-hybridized carbons (Fsp3) is 0.923. The number of nitrogens with two attached hydrogens (primary N) is 1. The molecule has 0 aromatic carbocycles. The van der Waals surface area contributed by atoms with E-state index in [0.29, 0.717) is 18.9 Å². The van der Waals surface area contributed by atoms with E-state index >= 15 is 0 Å². The van der Waals surface area contributed by atoms with E-state index in [9.17, 15) is 13.2 Å². The molecule has 0 bridgehead atoms. The summed E-state index contributed by atoms with van der Waals surface area (Å²) in [6.07, 6.45) is 1.50. The first kappa shape index (κ1) is 15.7. The third-order valence-electron chi connectivity index (χ3n) is 4.41. The van der Waals surface area contributed by atoms with Crippen LogP contribution in [0.1, 0.15) is 26.7 Å². The molecule has 2 rings (SSSR count). The van der Waals surface area contributed by atoms with E-state index in [2.05, 4.69) is 12.2 Å². The van der Waals surface area contributed by atoms with E-state index in [1.165, 1.54) is 0 Å². The predicted molar refractivity (Wildman–Crippen MR) is 78.0 cm³/mol. The first-order chi connectivity index (χ1) is 9.19. The second-order valence-corrected chi connectivity index (χ2v) is 8.80. The molecule has 20 heavy (non-hydrogen) atoms. The van der Waals surface area contributed by atoms with Gasteiger partial charge in [0, 0.05) is 12.6 Å². The molecular weight excluding hydrogens is 278 g/mol. The van der Waals surface area contributed by atoms with Gasteiger partial charge in [-0.3, -0.25) is 9.69 Å². The van der Waals surface area contributed by atoms with Gasteiger partial charge in [-0.2, -0.15) is 0 Å². The summed E-state index contributed by atoms with van der Waals surface area (Å²) >= 11 is 0. The van der Waals surface area contributed by atoms with Crippen molar-refractivity contribution in [2.24, 2.45) is 11.7 Å². The highest BCUT2D eigenvalue weighted by molar-refractivity contribution is 7.91. The molecule has 0 aliphatic carbocycles. The van der Waals surface area contributed by atoms with E-state index < -0.39 is 15.4 Å². The van der Waals surface area contributed by atoms with Crippen molar-refractivity contribution in [3.63, 3.8) is 0 Å². The highest BCUT2D eigenvalue weighted by Crippen LogP contribution is 2.23. The Hall–Kier alpha value is -0.660. The molecule has 2 fully saturated rings. The zero-order valence-electron chi connectivity index (χ0n) is 12.3. The van der Waals surface area contributed by atoms with Crippen LogP contribution in [0.5, 0.6) is 0 Å². The summed E-state index contributed by atoms with van der Waals surface area (Å²) < 4.78 is 23.0. The Balaban J connectivity index is 1.84. The average Bonchev–Trinajstić information content (AvgIpc) is 2.57. The number of nitrogens with zero attached hydrogens (tertiary/aromatic N) is 1. The van der Waals surface area contributed by atoms with E-state index in [1.807, 2.05) is 4.90 Å². The minimum Gasteiger partial charge on any atom is -0.349 e. The standard InChI is InChI=1S/C13H25N3O3S/c1-10-3-5-16(7-11(10)14)8-12(17)15-13(2)4-6-20(18,19)9-13/h10-11H,3-9,14H2,1-2H3,(H,15,17). The fourth-order valence-electron chi connectivity index (χ4n) is 3.00. The predicted octanol–water partition coefficient (Wildman–Crippen LogP) is -0.651. The molecule has 0 spiro atoms. The zero-order chi connectivity index (χ0) is 15.0. The lowest BCUT2D eigenvalue weighted by molar-refractivity contribution is -0.124. The highest BCUT2D eigenvalue weighted by Gasteiger charge is 2.39. The van der Waals surface area contributed by atoms with Crippen LogP contribution in [-0.4, -0.2) is 61.9 Å². The third kappa shape index (κ3) is 3.93. The van der Waals surface area contributed by atoms with Gasteiger partial charge in [-0.05, 0) is 32.2 Å². The molecule has 2 heterocycles. The van der Waals surface area contributed by atoms with Gasteiger partial charge in [-0.15, -0.1) is 0 Å². The monoisotopic (exact) mass is 303 g/mol. The Labute approximate surface area is 121 Å². The maximum atomic E-state index is 12.1. The molecule has 3 unspecified atom stereocenters. The van der Waals surface area contributed by atoms with Crippen molar-refractivity contribution >= 4 is 15.7 Å². The minimum absolute atomic E-state index is 0.0439. The number of rotatable bonds is 3.